The van der Waals surface area contributed by atoms with Crippen molar-refractivity contribution in [2.75, 3.05) is 39.4 Å². The van der Waals surface area contributed by atoms with Crippen molar-refractivity contribution in [1.29, 1.82) is 0 Å². The zero-order valence-corrected chi connectivity index (χ0v) is 12.7. The van der Waals surface area contributed by atoms with Gasteiger partial charge >= 0.3 is 0 Å². The predicted molar refractivity (Wildman–Crippen MR) is 80.0 cm³/mol. The number of nitrogens with zero attached hydrogens (tertiary/aromatic N) is 3. The zero-order valence-electron chi connectivity index (χ0n) is 12.7. The maximum Gasteiger partial charge on any atom is 0.261 e. The minimum atomic E-state index is -1.77. The molecule has 0 unspecified atom stereocenters. The van der Waals surface area contributed by atoms with Crippen LogP contribution in [0.3, 0.4) is 0 Å². The van der Waals surface area contributed by atoms with Crippen LogP contribution in [0.25, 0.3) is 0 Å². The molecule has 2 saturated heterocycles. The first-order chi connectivity index (χ1) is 10.7. The molecule has 22 heavy (non-hydrogen) atoms. The average molecular weight is 307 g/mol. The molecule has 3 rings (SSSR count). The van der Waals surface area contributed by atoms with Crippen LogP contribution in [0.2, 0.25) is 0 Å². The minimum absolute atomic E-state index is 0.165. The Morgan fingerprint density at radius 2 is 2.18 bits per heavy atom. The molecular weight excluding hydrogens is 285 g/mol. The molecule has 0 N–H and O–H groups in total. The molecule has 0 saturated carbocycles. The van der Waals surface area contributed by atoms with Crippen LogP contribution < -0.4 is 0 Å². The van der Waals surface area contributed by atoms with Crippen LogP contribution in [-0.2, 0) is 16.1 Å². The van der Waals surface area contributed by atoms with Crippen molar-refractivity contribution < 1.29 is 13.9 Å². The number of amides is 1. The maximum absolute atomic E-state index is 15.2. The highest BCUT2D eigenvalue weighted by Gasteiger charge is 2.45. The molecule has 0 bridgehead atoms. The SMILES string of the molecule is O=C(N1CCOCC1)[C@]1(F)CCCN(Cc2cccnc2)C1. The van der Waals surface area contributed by atoms with E-state index in [4.69, 9.17) is 4.74 Å². The fourth-order valence-corrected chi connectivity index (χ4v) is 3.20. The molecular formula is C16H22FN3O2. The number of piperidine rings is 1. The quantitative estimate of drug-likeness (QED) is 0.843. The van der Waals surface area contributed by atoms with Gasteiger partial charge in [-0.3, -0.25) is 14.7 Å². The van der Waals surface area contributed by atoms with Gasteiger partial charge in [0, 0.05) is 38.6 Å². The summed E-state index contributed by atoms with van der Waals surface area (Å²) in [5.74, 6) is -0.369. The topological polar surface area (TPSA) is 45.7 Å². The van der Waals surface area contributed by atoms with Crippen LogP contribution >= 0.6 is 0 Å². The number of pyridine rings is 1. The summed E-state index contributed by atoms with van der Waals surface area (Å²) in [5.41, 5.74) is -0.719. The largest absolute Gasteiger partial charge is 0.378 e. The van der Waals surface area contributed by atoms with E-state index in [-0.39, 0.29) is 12.5 Å². The predicted octanol–water partition coefficient (Wildman–Crippen LogP) is 1.24. The first-order valence-corrected chi connectivity index (χ1v) is 7.85. The lowest BCUT2D eigenvalue weighted by Gasteiger charge is -2.40. The van der Waals surface area contributed by atoms with Crippen LogP contribution in [-0.4, -0.2) is 65.8 Å². The molecule has 120 valence electrons. The lowest BCUT2D eigenvalue weighted by molar-refractivity contribution is -0.152. The van der Waals surface area contributed by atoms with Gasteiger partial charge in [0.25, 0.3) is 5.91 Å². The summed E-state index contributed by atoms with van der Waals surface area (Å²) in [6.07, 6.45) is 4.53. The molecule has 3 heterocycles. The number of hydrogen-bond donors (Lipinski definition) is 0. The summed E-state index contributed by atoms with van der Waals surface area (Å²) >= 11 is 0. The molecule has 0 spiro atoms. The molecule has 2 fully saturated rings. The second-order valence-corrected chi connectivity index (χ2v) is 6.05. The van der Waals surface area contributed by atoms with Gasteiger partial charge in [0.2, 0.25) is 5.67 Å². The molecule has 2 aliphatic heterocycles. The number of halogens is 1. The number of ether oxygens (including phenoxy) is 1. The van der Waals surface area contributed by atoms with Gasteiger partial charge in [-0.05, 0) is 31.0 Å². The van der Waals surface area contributed by atoms with E-state index in [2.05, 4.69) is 4.98 Å². The Hall–Kier alpha value is -1.53. The number of aromatic nitrogens is 1. The van der Waals surface area contributed by atoms with Crippen molar-refractivity contribution in [3.8, 4) is 0 Å². The third-order valence-electron chi connectivity index (χ3n) is 4.33. The van der Waals surface area contributed by atoms with Gasteiger partial charge in [-0.15, -0.1) is 0 Å². The normalized spacial score (nSPS) is 26.9. The van der Waals surface area contributed by atoms with Gasteiger partial charge in [0.1, 0.15) is 0 Å². The van der Waals surface area contributed by atoms with E-state index < -0.39 is 5.67 Å². The Bertz CT molecular complexity index is 507. The zero-order chi connectivity index (χ0) is 15.4. The molecule has 1 atom stereocenters. The Morgan fingerprint density at radius 3 is 2.91 bits per heavy atom. The van der Waals surface area contributed by atoms with Crippen molar-refractivity contribution in [3.63, 3.8) is 0 Å². The number of alkyl halides is 1. The standard InChI is InChI=1S/C16H22FN3O2/c17-16(15(21)20-7-9-22-10-8-20)4-2-6-19(13-16)12-14-3-1-5-18-11-14/h1,3,5,11H,2,4,6-10,12-13H2/t16-/m0/s1. The summed E-state index contributed by atoms with van der Waals surface area (Å²) in [6.45, 7) is 3.60. The molecule has 0 aromatic carbocycles. The van der Waals surface area contributed by atoms with Crippen molar-refractivity contribution in [1.82, 2.24) is 14.8 Å². The number of morpholine rings is 1. The number of hydrogen-bond acceptors (Lipinski definition) is 4. The Kier molecular flexibility index (Phi) is 4.69. The Balaban J connectivity index is 1.64. The first-order valence-electron chi connectivity index (χ1n) is 7.85. The van der Waals surface area contributed by atoms with Gasteiger partial charge in [-0.25, -0.2) is 4.39 Å². The summed E-state index contributed by atoms with van der Waals surface area (Å²) in [4.78, 5) is 20.2. The molecule has 0 aliphatic carbocycles. The van der Waals surface area contributed by atoms with Gasteiger partial charge in [0.05, 0.1) is 13.2 Å². The van der Waals surface area contributed by atoms with Gasteiger partial charge in [-0.2, -0.15) is 0 Å². The number of carbonyl (C=O) groups is 1. The fourth-order valence-electron chi connectivity index (χ4n) is 3.20. The van der Waals surface area contributed by atoms with Gasteiger partial charge in [-0.1, -0.05) is 6.07 Å². The molecule has 1 amide bonds. The summed E-state index contributed by atoms with van der Waals surface area (Å²) in [7, 11) is 0. The molecule has 5 nitrogen and oxygen atoms in total. The minimum Gasteiger partial charge on any atom is -0.378 e. The lowest BCUT2D eigenvalue weighted by atomic mass is 9.92. The van der Waals surface area contributed by atoms with Crippen LogP contribution in [0.5, 0.6) is 0 Å². The van der Waals surface area contributed by atoms with Crippen LogP contribution in [0, 0.1) is 0 Å². The van der Waals surface area contributed by atoms with E-state index in [0.29, 0.717) is 45.7 Å². The van der Waals surface area contributed by atoms with Crippen molar-refractivity contribution in [3.05, 3.63) is 30.1 Å². The summed E-state index contributed by atoms with van der Waals surface area (Å²) in [6, 6.07) is 3.85. The summed E-state index contributed by atoms with van der Waals surface area (Å²) < 4.78 is 20.5. The van der Waals surface area contributed by atoms with E-state index in [1.165, 1.54) is 0 Å². The highest BCUT2D eigenvalue weighted by molar-refractivity contribution is 5.85. The molecule has 2 aliphatic rings. The van der Waals surface area contributed by atoms with E-state index in [1.807, 2.05) is 17.0 Å². The highest BCUT2D eigenvalue weighted by atomic mass is 19.1. The monoisotopic (exact) mass is 307 g/mol. The third kappa shape index (κ3) is 3.44. The molecule has 6 heteroatoms. The highest BCUT2D eigenvalue weighted by Crippen LogP contribution is 2.28. The van der Waals surface area contributed by atoms with E-state index in [1.54, 1.807) is 17.3 Å². The van der Waals surface area contributed by atoms with Gasteiger partial charge < -0.3 is 9.64 Å². The lowest BCUT2D eigenvalue weighted by Crippen LogP contribution is -2.57. The average Bonchev–Trinajstić information content (AvgIpc) is 2.56. The summed E-state index contributed by atoms with van der Waals surface area (Å²) in [5, 5.41) is 0. The maximum atomic E-state index is 15.2. The smallest absolute Gasteiger partial charge is 0.261 e. The van der Waals surface area contributed by atoms with Crippen molar-refractivity contribution >= 4 is 5.91 Å². The van der Waals surface area contributed by atoms with E-state index >= 15 is 4.39 Å². The van der Waals surface area contributed by atoms with Crippen LogP contribution in [0.15, 0.2) is 24.5 Å². The second-order valence-electron chi connectivity index (χ2n) is 6.05. The first kappa shape index (κ1) is 15.4. The van der Waals surface area contributed by atoms with E-state index in [0.717, 1.165) is 12.1 Å². The van der Waals surface area contributed by atoms with Gasteiger partial charge in [0.15, 0.2) is 0 Å². The number of likely N-dealkylation sites (tertiary alicyclic amines) is 1. The van der Waals surface area contributed by atoms with E-state index in [9.17, 15) is 4.79 Å². The Morgan fingerprint density at radius 1 is 1.36 bits per heavy atom. The number of carbonyl (C=O) groups excluding carboxylic acids is 1. The Labute approximate surface area is 130 Å². The van der Waals surface area contributed by atoms with Crippen LogP contribution in [0.4, 0.5) is 4.39 Å². The number of rotatable bonds is 3. The molecule has 0 radical (unpaired) electrons. The fraction of sp³-hybridized carbons (Fsp3) is 0.625. The third-order valence-corrected chi connectivity index (χ3v) is 4.33. The molecule has 1 aromatic heterocycles. The van der Waals surface area contributed by atoms with Crippen molar-refractivity contribution in [2.24, 2.45) is 0 Å². The van der Waals surface area contributed by atoms with Crippen molar-refractivity contribution in [2.45, 2.75) is 25.1 Å². The second kappa shape index (κ2) is 6.71. The molecule has 1 aromatic rings. The van der Waals surface area contributed by atoms with Crippen LogP contribution in [0.1, 0.15) is 18.4 Å².